The Kier molecular flexibility index (Phi) is 2.15. The molecule has 0 aromatic heterocycles. The third-order valence-corrected chi connectivity index (χ3v) is 3.98. The zero-order chi connectivity index (χ0) is 13.1. The van der Waals surface area contributed by atoms with Gasteiger partial charge in [-0.1, -0.05) is 0 Å². The van der Waals surface area contributed by atoms with Crippen LogP contribution in [-0.4, -0.2) is 18.8 Å². The van der Waals surface area contributed by atoms with Gasteiger partial charge in [0.1, 0.15) is 11.4 Å². The molecule has 98 valence electrons. The Morgan fingerprint density at radius 3 is 2.83 bits per heavy atom. The molecule has 1 fully saturated rings. The Hall–Kier alpha value is -1.43. The molecule has 1 aromatic carbocycles. The first kappa shape index (κ1) is 11.6. The second-order valence-electron chi connectivity index (χ2n) is 4.95. The molecule has 0 saturated heterocycles. The first-order valence-corrected chi connectivity index (χ1v) is 5.60. The molecule has 0 bridgehead atoms. The van der Waals surface area contributed by atoms with E-state index in [0.717, 1.165) is 6.07 Å². The number of alkyl halides is 2. The van der Waals surface area contributed by atoms with Crippen molar-refractivity contribution >= 4 is 0 Å². The third-order valence-electron chi connectivity index (χ3n) is 3.98. The minimum Gasteiger partial charge on any atom is -0.486 e. The minimum atomic E-state index is -3.06. The van der Waals surface area contributed by atoms with Crippen molar-refractivity contribution < 1.29 is 22.6 Å². The average molecular weight is 259 g/mol. The molecule has 1 aliphatic heterocycles. The van der Waals surface area contributed by atoms with Crippen molar-refractivity contribution in [3.8, 4) is 11.5 Å². The number of fused-ring (bicyclic) bond motifs is 3. The number of hydrogen-bond donors (Lipinski definition) is 1. The number of ether oxygens (including phenoxy) is 2. The van der Waals surface area contributed by atoms with E-state index in [1.165, 1.54) is 6.07 Å². The van der Waals surface area contributed by atoms with Gasteiger partial charge in [-0.25, -0.2) is 4.39 Å². The molecule has 6 heteroatoms. The number of hydrogen-bond acceptors (Lipinski definition) is 3. The highest BCUT2D eigenvalue weighted by Gasteiger charge is 2.72. The maximum absolute atomic E-state index is 13.5. The third kappa shape index (κ3) is 1.29. The molecule has 2 aliphatic rings. The molecule has 1 aromatic rings. The van der Waals surface area contributed by atoms with Crippen molar-refractivity contribution in [2.45, 2.75) is 31.0 Å². The van der Waals surface area contributed by atoms with Crippen LogP contribution in [0.3, 0.4) is 0 Å². The number of rotatable bonds is 3. The van der Waals surface area contributed by atoms with Gasteiger partial charge in [0.2, 0.25) is 0 Å². The van der Waals surface area contributed by atoms with E-state index in [1.807, 2.05) is 6.92 Å². The second kappa shape index (κ2) is 3.32. The average Bonchev–Trinajstić information content (AvgIpc) is 2.80. The number of benzene rings is 1. The SMILES string of the molecule is CC12CC1(CN)c1cc(OC(F)F)c(F)cc1O2. The predicted octanol–water partition coefficient (Wildman–Crippen LogP) is 2.18. The van der Waals surface area contributed by atoms with Gasteiger partial charge in [0.15, 0.2) is 11.6 Å². The first-order valence-electron chi connectivity index (χ1n) is 5.60. The highest BCUT2D eigenvalue weighted by molar-refractivity contribution is 5.57. The van der Waals surface area contributed by atoms with Gasteiger partial charge in [-0.2, -0.15) is 8.78 Å². The summed E-state index contributed by atoms with van der Waals surface area (Å²) in [4.78, 5) is 0. The van der Waals surface area contributed by atoms with E-state index in [0.29, 0.717) is 24.3 Å². The first-order chi connectivity index (χ1) is 8.42. The van der Waals surface area contributed by atoms with Gasteiger partial charge in [0.25, 0.3) is 0 Å². The summed E-state index contributed by atoms with van der Waals surface area (Å²) < 4.78 is 47.7. The van der Waals surface area contributed by atoms with Gasteiger partial charge >= 0.3 is 6.61 Å². The molecule has 1 saturated carbocycles. The lowest BCUT2D eigenvalue weighted by atomic mass is 9.93. The number of halogens is 3. The van der Waals surface area contributed by atoms with Crippen molar-refractivity contribution in [3.05, 3.63) is 23.5 Å². The number of nitrogens with two attached hydrogens (primary N) is 1. The van der Waals surface area contributed by atoms with Gasteiger partial charge in [-0.3, -0.25) is 0 Å². The topological polar surface area (TPSA) is 44.5 Å². The summed E-state index contributed by atoms with van der Waals surface area (Å²) in [5, 5.41) is 0. The van der Waals surface area contributed by atoms with Crippen molar-refractivity contribution in [1.29, 1.82) is 0 Å². The minimum absolute atomic E-state index is 0.330. The normalized spacial score (nSPS) is 31.9. The monoisotopic (exact) mass is 259 g/mol. The molecule has 18 heavy (non-hydrogen) atoms. The summed E-state index contributed by atoms with van der Waals surface area (Å²) in [5.41, 5.74) is 5.56. The maximum Gasteiger partial charge on any atom is 0.387 e. The van der Waals surface area contributed by atoms with E-state index in [1.54, 1.807) is 0 Å². The summed E-state index contributed by atoms with van der Waals surface area (Å²) in [6.07, 6.45) is 0.712. The van der Waals surface area contributed by atoms with Crippen LogP contribution < -0.4 is 15.2 Å². The molecule has 0 spiro atoms. The Morgan fingerprint density at radius 1 is 1.50 bits per heavy atom. The van der Waals surface area contributed by atoms with Gasteiger partial charge in [-0.15, -0.1) is 0 Å². The summed E-state index contributed by atoms with van der Waals surface area (Å²) in [6.45, 7) is -0.846. The highest BCUT2D eigenvalue weighted by atomic mass is 19.3. The van der Waals surface area contributed by atoms with Crippen LogP contribution in [0.5, 0.6) is 11.5 Å². The van der Waals surface area contributed by atoms with Crippen molar-refractivity contribution in [3.63, 3.8) is 0 Å². The molecule has 1 heterocycles. The zero-order valence-electron chi connectivity index (χ0n) is 9.67. The van der Waals surface area contributed by atoms with E-state index < -0.39 is 29.2 Å². The molecule has 2 N–H and O–H groups in total. The molecule has 3 nitrogen and oxygen atoms in total. The molecule has 0 amide bonds. The molecule has 3 rings (SSSR count). The Bertz CT molecular complexity index is 522. The van der Waals surface area contributed by atoms with Crippen LogP contribution in [0.4, 0.5) is 13.2 Å². The standard InChI is InChI=1S/C12H12F3NO2/c1-11-4-12(11,5-16)6-2-9(17-10(14)15)7(13)3-8(6)18-11/h2-3,10H,4-5,16H2,1H3. The summed E-state index contributed by atoms with van der Waals surface area (Å²) in [5.74, 6) is -0.948. The van der Waals surface area contributed by atoms with Crippen molar-refractivity contribution in [2.24, 2.45) is 5.73 Å². The van der Waals surface area contributed by atoms with E-state index >= 15 is 0 Å². The van der Waals surface area contributed by atoms with Crippen LogP contribution in [0.25, 0.3) is 0 Å². The van der Waals surface area contributed by atoms with Gasteiger partial charge in [0, 0.05) is 24.6 Å². The van der Waals surface area contributed by atoms with E-state index in [9.17, 15) is 13.2 Å². The molecule has 1 aliphatic carbocycles. The highest BCUT2D eigenvalue weighted by Crippen LogP contribution is 2.66. The lowest BCUT2D eigenvalue weighted by molar-refractivity contribution is -0.0522. The lowest BCUT2D eigenvalue weighted by Gasteiger charge is -2.12. The Balaban J connectivity index is 2.06. The molecular formula is C12H12F3NO2. The second-order valence-corrected chi connectivity index (χ2v) is 4.95. The maximum atomic E-state index is 13.5. The fraction of sp³-hybridized carbons (Fsp3) is 0.500. The fourth-order valence-corrected chi connectivity index (χ4v) is 2.87. The van der Waals surface area contributed by atoms with Gasteiger partial charge in [0.05, 0.1) is 5.41 Å². The largest absolute Gasteiger partial charge is 0.486 e. The van der Waals surface area contributed by atoms with E-state index in [4.69, 9.17) is 10.5 Å². The molecule has 0 radical (unpaired) electrons. The van der Waals surface area contributed by atoms with Crippen LogP contribution >= 0.6 is 0 Å². The van der Waals surface area contributed by atoms with Crippen LogP contribution in [0.15, 0.2) is 12.1 Å². The van der Waals surface area contributed by atoms with Crippen LogP contribution in [0, 0.1) is 5.82 Å². The Labute approximate surface area is 102 Å². The quantitative estimate of drug-likeness (QED) is 0.904. The summed E-state index contributed by atoms with van der Waals surface area (Å²) in [6, 6.07) is 2.36. The van der Waals surface area contributed by atoms with Gasteiger partial charge < -0.3 is 15.2 Å². The smallest absolute Gasteiger partial charge is 0.387 e. The fourth-order valence-electron chi connectivity index (χ4n) is 2.87. The Morgan fingerprint density at radius 2 is 2.22 bits per heavy atom. The van der Waals surface area contributed by atoms with Crippen LogP contribution in [0.2, 0.25) is 0 Å². The van der Waals surface area contributed by atoms with E-state index in [2.05, 4.69) is 4.74 Å². The van der Waals surface area contributed by atoms with Crippen molar-refractivity contribution in [2.75, 3.05) is 6.54 Å². The molecule has 2 atom stereocenters. The predicted molar refractivity (Wildman–Crippen MR) is 57.4 cm³/mol. The van der Waals surface area contributed by atoms with Gasteiger partial charge in [-0.05, 0) is 13.0 Å². The molecule has 2 unspecified atom stereocenters. The van der Waals surface area contributed by atoms with Crippen molar-refractivity contribution in [1.82, 2.24) is 0 Å². The summed E-state index contributed by atoms with van der Waals surface area (Å²) in [7, 11) is 0. The summed E-state index contributed by atoms with van der Waals surface area (Å²) >= 11 is 0. The molecular weight excluding hydrogens is 247 g/mol. The lowest BCUT2D eigenvalue weighted by Crippen LogP contribution is -2.27. The van der Waals surface area contributed by atoms with Crippen LogP contribution in [-0.2, 0) is 5.41 Å². The van der Waals surface area contributed by atoms with E-state index in [-0.39, 0.29) is 0 Å². The van der Waals surface area contributed by atoms with Crippen LogP contribution in [0.1, 0.15) is 18.9 Å². The zero-order valence-corrected chi connectivity index (χ0v) is 9.67.